The number of nitrogens with zero attached hydrogens (tertiary/aromatic N) is 1. The smallest absolute Gasteiger partial charge is 0.260 e. The van der Waals surface area contributed by atoms with Crippen LogP contribution in [0.4, 0.5) is 11.6 Å². The average Bonchev–Trinajstić information content (AvgIpc) is 2.49. The Morgan fingerprint density at radius 1 is 1.33 bits per heavy atom. The Morgan fingerprint density at radius 2 is 2.10 bits per heavy atom. The first-order valence-electron chi connectivity index (χ1n) is 7.24. The summed E-state index contributed by atoms with van der Waals surface area (Å²) >= 11 is 1.95. The van der Waals surface area contributed by atoms with Crippen LogP contribution < -0.4 is 16.6 Å². The lowest BCUT2D eigenvalue weighted by Crippen LogP contribution is -2.28. The van der Waals surface area contributed by atoms with Crippen LogP contribution in [0.15, 0.2) is 23.0 Å². The van der Waals surface area contributed by atoms with E-state index in [1.54, 1.807) is 18.2 Å². The van der Waals surface area contributed by atoms with Gasteiger partial charge in [-0.05, 0) is 50.1 Å². The molecule has 1 aliphatic carbocycles. The topological polar surface area (TPSA) is 83.8 Å². The number of aromatic amines is 1. The van der Waals surface area contributed by atoms with Crippen LogP contribution in [-0.4, -0.2) is 27.5 Å². The third kappa shape index (κ3) is 3.15. The molecule has 0 spiro atoms. The second kappa shape index (κ2) is 5.97. The molecule has 0 radical (unpaired) electrons. The molecule has 0 bridgehead atoms. The van der Waals surface area contributed by atoms with Gasteiger partial charge >= 0.3 is 0 Å². The number of fused-ring (bicyclic) bond motifs is 1. The number of rotatable bonds is 3. The van der Waals surface area contributed by atoms with Crippen LogP contribution in [0.3, 0.4) is 0 Å². The van der Waals surface area contributed by atoms with Crippen molar-refractivity contribution in [1.29, 1.82) is 0 Å². The van der Waals surface area contributed by atoms with Crippen molar-refractivity contribution < 1.29 is 0 Å². The van der Waals surface area contributed by atoms with E-state index in [1.807, 2.05) is 11.8 Å². The zero-order valence-corrected chi connectivity index (χ0v) is 12.9. The molecule has 1 fully saturated rings. The molecule has 3 rings (SSSR count). The number of hydrogen-bond acceptors (Lipinski definition) is 5. The van der Waals surface area contributed by atoms with E-state index in [9.17, 15) is 4.79 Å². The van der Waals surface area contributed by atoms with Gasteiger partial charge in [-0.1, -0.05) is 0 Å². The minimum atomic E-state index is -0.146. The largest absolute Gasteiger partial charge is 0.399 e. The minimum Gasteiger partial charge on any atom is -0.399 e. The summed E-state index contributed by atoms with van der Waals surface area (Å²) < 4.78 is 0. The lowest BCUT2D eigenvalue weighted by molar-refractivity contribution is 0.471. The van der Waals surface area contributed by atoms with Gasteiger partial charge in [-0.15, -0.1) is 0 Å². The molecule has 1 heterocycles. The molecule has 112 valence electrons. The van der Waals surface area contributed by atoms with E-state index in [0.717, 1.165) is 18.1 Å². The molecular formula is C15H20N4OS. The van der Waals surface area contributed by atoms with Gasteiger partial charge in [-0.3, -0.25) is 9.78 Å². The maximum Gasteiger partial charge on any atom is 0.260 e. The first-order chi connectivity index (χ1) is 10.2. The van der Waals surface area contributed by atoms with Crippen molar-refractivity contribution in [2.45, 2.75) is 37.0 Å². The van der Waals surface area contributed by atoms with Crippen LogP contribution in [-0.2, 0) is 0 Å². The number of nitrogen functional groups attached to an aromatic ring is 1. The van der Waals surface area contributed by atoms with Crippen LogP contribution in [0.25, 0.3) is 10.9 Å². The monoisotopic (exact) mass is 304 g/mol. The highest BCUT2D eigenvalue weighted by atomic mass is 32.2. The van der Waals surface area contributed by atoms with E-state index < -0.39 is 0 Å². The van der Waals surface area contributed by atoms with E-state index in [1.165, 1.54) is 12.8 Å². The third-order valence-corrected chi connectivity index (χ3v) is 5.22. The fourth-order valence-electron chi connectivity index (χ4n) is 2.86. The molecule has 5 nitrogen and oxygen atoms in total. The molecule has 4 N–H and O–H groups in total. The molecular weight excluding hydrogens is 284 g/mol. The molecule has 0 saturated heterocycles. The van der Waals surface area contributed by atoms with Crippen molar-refractivity contribution in [3.63, 3.8) is 0 Å². The number of hydrogen-bond donors (Lipinski definition) is 3. The Labute approximate surface area is 127 Å². The Balaban J connectivity index is 1.79. The van der Waals surface area contributed by atoms with Gasteiger partial charge in [0.2, 0.25) is 5.95 Å². The van der Waals surface area contributed by atoms with Crippen LogP contribution in [0.2, 0.25) is 0 Å². The fourth-order valence-corrected chi connectivity index (χ4v) is 3.60. The van der Waals surface area contributed by atoms with Crippen molar-refractivity contribution in [2.24, 2.45) is 0 Å². The quantitative estimate of drug-likeness (QED) is 0.759. The Hall–Kier alpha value is -1.69. The lowest BCUT2D eigenvalue weighted by Gasteiger charge is -2.28. The van der Waals surface area contributed by atoms with E-state index >= 15 is 0 Å². The molecule has 1 aliphatic rings. The number of thioether (sulfide) groups is 1. The highest BCUT2D eigenvalue weighted by Gasteiger charge is 2.20. The summed E-state index contributed by atoms with van der Waals surface area (Å²) in [6.07, 6.45) is 6.84. The summed E-state index contributed by atoms with van der Waals surface area (Å²) in [6.45, 7) is 0. The van der Waals surface area contributed by atoms with E-state index in [4.69, 9.17) is 5.73 Å². The summed E-state index contributed by atoms with van der Waals surface area (Å²) in [5.74, 6) is 0.560. The molecule has 0 atom stereocenters. The van der Waals surface area contributed by atoms with Gasteiger partial charge in [0.05, 0.1) is 10.9 Å². The molecule has 1 aromatic heterocycles. The first kappa shape index (κ1) is 14.3. The van der Waals surface area contributed by atoms with Crippen LogP contribution >= 0.6 is 11.8 Å². The fraction of sp³-hybridized carbons (Fsp3) is 0.467. The van der Waals surface area contributed by atoms with Gasteiger partial charge in [-0.2, -0.15) is 11.8 Å². The zero-order chi connectivity index (χ0) is 14.8. The molecule has 0 unspecified atom stereocenters. The minimum absolute atomic E-state index is 0.146. The standard InChI is InChI=1S/C15H20N4OS/c1-21-11-5-3-10(4-6-11)17-15-18-13-7-2-9(16)8-12(13)14(20)19-15/h2,7-8,10-11H,3-6,16H2,1H3,(H2,17,18,19,20). The molecule has 2 aromatic rings. The first-order valence-corrected chi connectivity index (χ1v) is 8.53. The number of aromatic nitrogens is 2. The predicted molar refractivity (Wildman–Crippen MR) is 90.0 cm³/mol. The second-order valence-electron chi connectivity index (χ2n) is 5.54. The van der Waals surface area contributed by atoms with Crippen LogP contribution in [0.1, 0.15) is 25.7 Å². The van der Waals surface area contributed by atoms with Crippen molar-refractivity contribution in [2.75, 3.05) is 17.3 Å². The van der Waals surface area contributed by atoms with Crippen molar-refractivity contribution >= 4 is 34.3 Å². The van der Waals surface area contributed by atoms with Crippen LogP contribution in [0.5, 0.6) is 0 Å². The summed E-state index contributed by atoms with van der Waals surface area (Å²) in [7, 11) is 0. The van der Waals surface area contributed by atoms with E-state index in [-0.39, 0.29) is 5.56 Å². The van der Waals surface area contributed by atoms with Crippen molar-refractivity contribution in [1.82, 2.24) is 9.97 Å². The van der Waals surface area contributed by atoms with Gasteiger partial charge in [-0.25, -0.2) is 4.98 Å². The molecule has 0 amide bonds. The van der Waals surface area contributed by atoms with Crippen molar-refractivity contribution in [3.05, 3.63) is 28.6 Å². The summed E-state index contributed by atoms with van der Waals surface area (Å²) in [6, 6.07) is 5.61. The number of nitrogens with two attached hydrogens (primary N) is 1. The second-order valence-corrected chi connectivity index (χ2v) is 6.68. The van der Waals surface area contributed by atoms with Crippen LogP contribution in [0, 0.1) is 0 Å². The Morgan fingerprint density at radius 3 is 2.81 bits per heavy atom. The van der Waals surface area contributed by atoms with Crippen molar-refractivity contribution in [3.8, 4) is 0 Å². The average molecular weight is 304 g/mol. The third-order valence-electron chi connectivity index (χ3n) is 4.08. The SMILES string of the molecule is CSC1CCC(Nc2nc3ccc(N)cc3c(=O)[nH]2)CC1. The number of nitrogens with one attached hydrogen (secondary N) is 2. The summed E-state index contributed by atoms with van der Waals surface area (Å²) in [5.41, 5.74) is 6.81. The van der Waals surface area contributed by atoms with E-state index in [2.05, 4.69) is 21.5 Å². The molecule has 21 heavy (non-hydrogen) atoms. The normalized spacial score (nSPS) is 22.3. The van der Waals surface area contributed by atoms with Gasteiger partial charge in [0, 0.05) is 17.0 Å². The molecule has 1 saturated carbocycles. The van der Waals surface area contributed by atoms with Gasteiger partial charge < -0.3 is 11.1 Å². The van der Waals surface area contributed by atoms with Gasteiger partial charge in [0.25, 0.3) is 5.56 Å². The number of anilines is 2. The lowest BCUT2D eigenvalue weighted by atomic mass is 9.95. The zero-order valence-electron chi connectivity index (χ0n) is 12.1. The Bertz CT molecular complexity index is 692. The molecule has 0 aliphatic heterocycles. The maximum absolute atomic E-state index is 12.1. The number of benzene rings is 1. The predicted octanol–water partition coefficient (Wildman–Crippen LogP) is 2.59. The summed E-state index contributed by atoms with van der Waals surface area (Å²) in [5, 5.41) is 4.67. The maximum atomic E-state index is 12.1. The Kier molecular flexibility index (Phi) is 4.05. The van der Waals surface area contributed by atoms with Gasteiger partial charge in [0.15, 0.2) is 0 Å². The molecule has 1 aromatic carbocycles. The van der Waals surface area contributed by atoms with Gasteiger partial charge in [0.1, 0.15) is 0 Å². The highest BCUT2D eigenvalue weighted by molar-refractivity contribution is 7.99. The molecule has 6 heteroatoms. The summed E-state index contributed by atoms with van der Waals surface area (Å²) in [4.78, 5) is 19.4. The highest BCUT2D eigenvalue weighted by Crippen LogP contribution is 2.28. The number of H-pyrrole nitrogens is 1. The van der Waals surface area contributed by atoms with E-state index in [0.29, 0.717) is 28.6 Å².